The third-order valence-electron chi connectivity index (χ3n) is 3.18. The molecule has 2 aromatic rings. The van der Waals surface area contributed by atoms with Crippen molar-refractivity contribution in [2.45, 2.75) is 11.3 Å². The first-order valence-electron chi connectivity index (χ1n) is 6.20. The van der Waals surface area contributed by atoms with Crippen molar-refractivity contribution < 1.29 is 8.42 Å². The zero-order valence-electron chi connectivity index (χ0n) is 10.6. The molecule has 0 bridgehead atoms. The molecule has 2 N–H and O–H groups in total. The summed E-state index contributed by atoms with van der Waals surface area (Å²) >= 11 is 5.85. The molecule has 1 aliphatic heterocycles. The second kappa shape index (κ2) is 5.00. The highest BCUT2D eigenvalue weighted by Gasteiger charge is 2.18. The summed E-state index contributed by atoms with van der Waals surface area (Å²) in [6.45, 7) is 0.848. The molecule has 0 aliphatic carbocycles. The molecule has 0 radical (unpaired) electrons. The third kappa shape index (κ3) is 2.59. The molecule has 0 unspecified atom stereocenters. The van der Waals surface area contributed by atoms with E-state index in [2.05, 4.69) is 10.0 Å². The summed E-state index contributed by atoms with van der Waals surface area (Å²) in [5, 5.41) is 3.66. The largest absolute Gasteiger partial charge is 0.384 e. The van der Waals surface area contributed by atoms with E-state index >= 15 is 0 Å². The predicted octanol–water partition coefficient (Wildman–Crippen LogP) is 3.11. The van der Waals surface area contributed by atoms with Gasteiger partial charge in [0.05, 0.1) is 10.6 Å². The lowest BCUT2D eigenvalue weighted by Gasteiger charge is -2.09. The lowest BCUT2D eigenvalue weighted by atomic mass is 10.2. The Morgan fingerprint density at radius 1 is 1.15 bits per heavy atom. The number of hydrogen-bond acceptors (Lipinski definition) is 3. The fourth-order valence-corrected chi connectivity index (χ4v) is 3.47. The van der Waals surface area contributed by atoms with E-state index in [0.717, 1.165) is 24.2 Å². The smallest absolute Gasteiger partial charge is 0.261 e. The van der Waals surface area contributed by atoms with Crippen molar-refractivity contribution in [2.75, 3.05) is 16.6 Å². The maximum Gasteiger partial charge on any atom is 0.261 e. The zero-order chi connectivity index (χ0) is 14.2. The Bertz CT molecular complexity index is 760. The Kier molecular flexibility index (Phi) is 3.31. The molecule has 0 atom stereocenters. The molecule has 20 heavy (non-hydrogen) atoms. The van der Waals surface area contributed by atoms with Crippen molar-refractivity contribution in [1.82, 2.24) is 0 Å². The van der Waals surface area contributed by atoms with Crippen LogP contribution < -0.4 is 10.0 Å². The summed E-state index contributed by atoms with van der Waals surface area (Å²) in [5.41, 5.74) is 2.48. The minimum Gasteiger partial charge on any atom is -0.384 e. The van der Waals surface area contributed by atoms with Gasteiger partial charge in [0.1, 0.15) is 0 Å². The van der Waals surface area contributed by atoms with Gasteiger partial charge in [-0.05, 0) is 42.3 Å². The van der Waals surface area contributed by atoms with Crippen molar-refractivity contribution in [1.29, 1.82) is 0 Å². The molecule has 0 spiro atoms. The van der Waals surface area contributed by atoms with E-state index in [-0.39, 0.29) is 4.90 Å². The van der Waals surface area contributed by atoms with Crippen molar-refractivity contribution >= 4 is 33.0 Å². The van der Waals surface area contributed by atoms with E-state index < -0.39 is 10.0 Å². The molecule has 4 nitrogen and oxygen atoms in total. The molecule has 6 heteroatoms. The fourth-order valence-electron chi connectivity index (χ4n) is 2.20. The SMILES string of the molecule is O=S(=O)(Nc1cccc(Cl)c1)c1ccc2c(c1)NCC2. The Morgan fingerprint density at radius 3 is 2.80 bits per heavy atom. The second-order valence-corrected chi connectivity index (χ2v) is 6.73. The van der Waals surface area contributed by atoms with E-state index in [9.17, 15) is 8.42 Å². The molecule has 104 valence electrons. The summed E-state index contributed by atoms with van der Waals surface area (Å²) in [6, 6.07) is 11.8. The molecule has 3 rings (SSSR count). The number of rotatable bonds is 3. The topological polar surface area (TPSA) is 58.2 Å². The van der Waals surface area contributed by atoms with Crippen LogP contribution in [0.3, 0.4) is 0 Å². The fraction of sp³-hybridized carbons (Fsp3) is 0.143. The normalized spacial score (nSPS) is 13.7. The monoisotopic (exact) mass is 308 g/mol. The van der Waals surface area contributed by atoms with Gasteiger partial charge in [0.15, 0.2) is 0 Å². The standard InChI is InChI=1S/C14H13ClN2O2S/c15-11-2-1-3-12(8-11)17-20(18,19)13-5-4-10-6-7-16-14(10)9-13/h1-5,8-9,16-17H,6-7H2. The van der Waals surface area contributed by atoms with Gasteiger partial charge >= 0.3 is 0 Å². The van der Waals surface area contributed by atoms with Gasteiger partial charge in [0.2, 0.25) is 0 Å². The number of hydrogen-bond donors (Lipinski definition) is 2. The van der Waals surface area contributed by atoms with Crippen LogP contribution >= 0.6 is 11.6 Å². The predicted molar refractivity (Wildman–Crippen MR) is 80.9 cm³/mol. The van der Waals surface area contributed by atoms with Gasteiger partial charge in [-0.1, -0.05) is 23.7 Å². The average molecular weight is 309 g/mol. The summed E-state index contributed by atoms with van der Waals surface area (Å²) in [7, 11) is -3.60. The summed E-state index contributed by atoms with van der Waals surface area (Å²) < 4.78 is 27.2. The van der Waals surface area contributed by atoms with Crippen molar-refractivity contribution in [3.63, 3.8) is 0 Å². The Hall–Kier alpha value is -1.72. The van der Waals surface area contributed by atoms with Crippen LogP contribution in [0, 0.1) is 0 Å². The lowest BCUT2D eigenvalue weighted by Crippen LogP contribution is -2.13. The third-order valence-corrected chi connectivity index (χ3v) is 4.79. The molecule has 0 amide bonds. The zero-order valence-corrected chi connectivity index (χ0v) is 12.1. The minimum atomic E-state index is -3.60. The van der Waals surface area contributed by atoms with Crippen LogP contribution in [0.2, 0.25) is 5.02 Å². The molecular weight excluding hydrogens is 296 g/mol. The van der Waals surface area contributed by atoms with E-state index in [1.165, 1.54) is 0 Å². The number of sulfonamides is 1. The van der Waals surface area contributed by atoms with Gasteiger partial charge in [-0.3, -0.25) is 4.72 Å². The van der Waals surface area contributed by atoms with Gasteiger partial charge in [0.25, 0.3) is 10.0 Å². The Balaban J connectivity index is 1.92. The molecule has 1 aliphatic rings. The lowest BCUT2D eigenvalue weighted by molar-refractivity contribution is 0.601. The second-order valence-electron chi connectivity index (χ2n) is 4.61. The van der Waals surface area contributed by atoms with Crippen molar-refractivity contribution in [3.05, 3.63) is 53.1 Å². The van der Waals surface area contributed by atoms with E-state index in [4.69, 9.17) is 11.6 Å². The highest BCUT2D eigenvalue weighted by atomic mass is 35.5. The molecular formula is C14H13ClN2O2S. The molecule has 1 heterocycles. The first kappa shape index (κ1) is 13.3. The summed E-state index contributed by atoms with van der Waals surface area (Å²) in [6.07, 6.45) is 0.928. The highest BCUT2D eigenvalue weighted by Crippen LogP contribution is 2.26. The molecule has 0 fully saturated rings. The summed E-state index contributed by atoms with van der Waals surface area (Å²) in [5.74, 6) is 0. The number of nitrogens with one attached hydrogen (secondary N) is 2. The number of fused-ring (bicyclic) bond motifs is 1. The van der Waals surface area contributed by atoms with E-state index in [1.807, 2.05) is 6.07 Å². The van der Waals surface area contributed by atoms with Gasteiger partial charge in [-0.25, -0.2) is 8.42 Å². The Morgan fingerprint density at radius 2 is 2.00 bits per heavy atom. The van der Waals surface area contributed by atoms with Gasteiger partial charge < -0.3 is 5.32 Å². The van der Waals surface area contributed by atoms with Crippen LogP contribution in [0.4, 0.5) is 11.4 Å². The van der Waals surface area contributed by atoms with Crippen molar-refractivity contribution in [2.24, 2.45) is 0 Å². The van der Waals surface area contributed by atoms with Crippen LogP contribution in [0.25, 0.3) is 0 Å². The number of benzene rings is 2. The average Bonchev–Trinajstić information content (AvgIpc) is 2.85. The highest BCUT2D eigenvalue weighted by molar-refractivity contribution is 7.92. The Labute approximate surface area is 122 Å². The van der Waals surface area contributed by atoms with Crippen LogP contribution in [-0.2, 0) is 16.4 Å². The van der Waals surface area contributed by atoms with Crippen molar-refractivity contribution in [3.8, 4) is 0 Å². The van der Waals surface area contributed by atoms with Gasteiger partial charge in [0, 0.05) is 17.3 Å². The first-order chi connectivity index (χ1) is 9.54. The van der Waals surface area contributed by atoms with Crippen LogP contribution in [0.5, 0.6) is 0 Å². The minimum absolute atomic E-state index is 0.241. The van der Waals surface area contributed by atoms with Crippen LogP contribution in [-0.4, -0.2) is 15.0 Å². The molecule has 0 aromatic heterocycles. The molecule has 0 saturated carbocycles. The van der Waals surface area contributed by atoms with Gasteiger partial charge in [-0.2, -0.15) is 0 Å². The van der Waals surface area contributed by atoms with Crippen LogP contribution in [0.15, 0.2) is 47.4 Å². The van der Waals surface area contributed by atoms with E-state index in [0.29, 0.717) is 10.7 Å². The van der Waals surface area contributed by atoms with Gasteiger partial charge in [-0.15, -0.1) is 0 Å². The number of halogens is 1. The molecule has 0 saturated heterocycles. The van der Waals surface area contributed by atoms with Crippen LogP contribution in [0.1, 0.15) is 5.56 Å². The quantitative estimate of drug-likeness (QED) is 0.916. The van der Waals surface area contributed by atoms with E-state index in [1.54, 1.807) is 36.4 Å². The maximum atomic E-state index is 12.3. The molecule has 2 aromatic carbocycles. The first-order valence-corrected chi connectivity index (χ1v) is 8.06. The summed E-state index contributed by atoms with van der Waals surface area (Å²) in [4.78, 5) is 0.241. The number of anilines is 2. The maximum absolute atomic E-state index is 12.3.